The first kappa shape index (κ1) is 18.4. The topological polar surface area (TPSA) is 36.9 Å². The van der Waals surface area contributed by atoms with Crippen molar-refractivity contribution in [2.24, 2.45) is 4.99 Å². The molecular formula is C17H28FN3O. The summed E-state index contributed by atoms with van der Waals surface area (Å²) in [5.74, 6) is 0.620. The van der Waals surface area contributed by atoms with Crippen molar-refractivity contribution in [2.75, 3.05) is 33.9 Å². The van der Waals surface area contributed by atoms with Crippen molar-refractivity contribution in [3.63, 3.8) is 0 Å². The van der Waals surface area contributed by atoms with Gasteiger partial charge in [-0.3, -0.25) is 4.99 Å². The van der Waals surface area contributed by atoms with E-state index in [0.29, 0.717) is 6.54 Å². The van der Waals surface area contributed by atoms with Crippen molar-refractivity contribution in [3.05, 3.63) is 35.6 Å². The average Bonchev–Trinajstić information content (AvgIpc) is 2.52. The van der Waals surface area contributed by atoms with E-state index in [1.165, 1.54) is 18.6 Å². The number of benzene rings is 1. The molecule has 0 saturated carbocycles. The lowest BCUT2D eigenvalue weighted by molar-refractivity contribution is 0.129. The van der Waals surface area contributed by atoms with Gasteiger partial charge in [0.05, 0.1) is 0 Å². The number of ether oxygens (including phenoxy) is 1. The largest absolute Gasteiger partial charge is 0.381 e. The normalized spacial score (nSPS) is 11.5. The molecular weight excluding hydrogens is 281 g/mol. The molecule has 22 heavy (non-hydrogen) atoms. The molecule has 4 nitrogen and oxygen atoms in total. The Labute approximate surface area is 133 Å². The molecule has 0 saturated heterocycles. The highest BCUT2D eigenvalue weighted by atomic mass is 19.1. The molecule has 5 heteroatoms. The van der Waals surface area contributed by atoms with Crippen LogP contribution >= 0.6 is 0 Å². The molecule has 0 atom stereocenters. The van der Waals surface area contributed by atoms with Gasteiger partial charge in [-0.25, -0.2) is 4.39 Å². The Bertz CT molecular complexity index is 434. The summed E-state index contributed by atoms with van der Waals surface area (Å²) in [5.41, 5.74) is 1.05. The van der Waals surface area contributed by atoms with Crippen molar-refractivity contribution in [3.8, 4) is 0 Å². The number of nitrogens with zero attached hydrogens (tertiary/aromatic N) is 2. The van der Waals surface area contributed by atoms with Crippen LogP contribution in [0.5, 0.6) is 0 Å². The number of halogens is 1. The van der Waals surface area contributed by atoms with E-state index in [2.05, 4.69) is 17.2 Å². The molecule has 0 heterocycles. The summed E-state index contributed by atoms with van der Waals surface area (Å²) in [6.07, 6.45) is 3.24. The zero-order valence-corrected chi connectivity index (χ0v) is 13.9. The maximum atomic E-state index is 12.9. The molecule has 1 N–H and O–H groups in total. The van der Waals surface area contributed by atoms with Crippen molar-refractivity contribution in [2.45, 2.75) is 32.7 Å². The molecule has 1 rings (SSSR count). The molecule has 0 unspecified atom stereocenters. The number of unbranched alkanes of at least 4 members (excludes halogenated alkanes) is 1. The molecule has 124 valence electrons. The van der Waals surface area contributed by atoms with Gasteiger partial charge in [-0.1, -0.05) is 25.5 Å². The SMILES string of the molecule is CCCCOCCCNC(=NC)N(C)Cc1ccc(F)cc1. The van der Waals surface area contributed by atoms with E-state index in [1.807, 2.05) is 11.9 Å². The molecule has 0 aliphatic rings. The Morgan fingerprint density at radius 1 is 1.23 bits per heavy atom. The highest BCUT2D eigenvalue weighted by Gasteiger charge is 2.06. The van der Waals surface area contributed by atoms with Gasteiger partial charge >= 0.3 is 0 Å². The van der Waals surface area contributed by atoms with Gasteiger partial charge in [-0.2, -0.15) is 0 Å². The van der Waals surface area contributed by atoms with Gasteiger partial charge in [0.25, 0.3) is 0 Å². The van der Waals surface area contributed by atoms with Crippen molar-refractivity contribution < 1.29 is 9.13 Å². The number of nitrogens with one attached hydrogen (secondary N) is 1. The summed E-state index contributed by atoms with van der Waals surface area (Å²) in [5, 5.41) is 3.31. The van der Waals surface area contributed by atoms with Crippen LogP contribution in [0.2, 0.25) is 0 Å². The van der Waals surface area contributed by atoms with Gasteiger partial charge in [0.1, 0.15) is 5.82 Å². The van der Waals surface area contributed by atoms with Crippen LogP contribution in [0.3, 0.4) is 0 Å². The number of hydrogen-bond donors (Lipinski definition) is 1. The zero-order valence-electron chi connectivity index (χ0n) is 13.9. The van der Waals surface area contributed by atoms with Crippen LogP contribution < -0.4 is 5.32 Å². The minimum absolute atomic E-state index is 0.211. The van der Waals surface area contributed by atoms with E-state index in [1.54, 1.807) is 19.2 Å². The standard InChI is InChI=1S/C17H28FN3O/c1-4-5-12-22-13-6-11-20-17(19-2)21(3)14-15-7-9-16(18)10-8-15/h7-10H,4-6,11-14H2,1-3H3,(H,19,20). The highest BCUT2D eigenvalue weighted by Crippen LogP contribution is 2.05. The molecule has 0 bridgehead atoms. The molecule has 1 aromatic carbocycles. The average molecular weight is 309 g/mol. The van der Waals surface area contributed by atoms with Gasteiger partial charge in [0.2, 0.25) is 0 Å². The van der Waals surface area contributed by atoms with E-state index < -0.39 is 0 Å². The van der Waals surface area contributed by atoms with Crippen LogP contribution in [0, 0.1) is 5.82 Å². The minimum Gasteiger partial charge on any atom is -0.381 e. The van der Waals surface area contributed by atoms with Crippen LogP contribution in [0.1, 0.15) is 31.7 Å². The molecule has 0 aliphatic heterocycles. The van der Waals surface area contributed by atoms with Gasteiger partial charge in [0.15, 0.2) is 5.96 Å². The van der Waals surface area contributed by atoms with E-state index in [4.69, 9.17) is 4.74 Å². The van der Waals surface area contributed by atoms with Gasteiger partial charge in [-0.05, 0) is 30.5 Å². The first-order chi connectivity index (χ1) is 10.7. The summed E-state index contributed by atoms with van der Waals surface area (Å²) in [6, 6.07) is 6.54. The molecule has 1 aromatic rings. The molecule has 0 fully saturated rings. The van der Waals surface area contributed by atoms with Crippen molar-refractivity contribution >= 4 is 5.96 Å². The maximum Gasteiger partial charge on any atom is 0.193 e. The Morgan fingerprint density at radius 2 is 1.91 bits per heavy atom. The lowest BCUT2D eigenvalue weighted by Crippen LogP contribution is -2.39. The second-order valence-corrected chi connectivity index (χ2v) is 5.28. The first-order valence-corrected chi connectivity index (χ1v) is 7.91. The fourth-order valence-corrected chi connectivity index (χ4v) is 2.05. The van der Waals surface area contributed by atoms with Gasteiger partial charge in [0, 0.05) is 40.4 Å². The van der Waals surface area contributed by atoms with Crippen LogP contribution in [-0.4, -0.2) is 44.7 Å². The zero-order chi connectivity index (χ0) is 16.2. The summed E-state index contributed by atoms with van der Waals surface area (Å²) >= 11 is 0. The third kappa shape index (κ3) is 7.41. The molecule has 0 spiro atoms. The molecule has 0 aliphatic carbocycles. The lowest BCUT2D eigenvalue weighted by atomic mass is 10.2. The molecule has 0 amide bonds. The fraction of sp³-hybridized carbons (Fsp3) is 0.588. The Kier molecular flexibility index (Phi) is 9.23. The monoisotopic (exact) mass is 309 g/mol. The van der Waals surface area contributed by atoms with E-state index in [-0.39, 0.29) is 5.82 Å². The fourth-order valence-electron chi connectivity index (χ4n) is 2.05. The smallest absolute Gasteiger partial charge is 0.193 e. The van der Waals surface area contributed by atoms with Crippen molar-refractivity contribution in [1.29, 1.82) is 0 Å². The second kappa shape index (κ2) is 11.0. The van der Waals surface area contributed by atoms with E-state index in [9.17, 15) is 4.39 Å². The highest BCUT2D eigenvalue weighted by molar-refractivity contribution is 5.79. The Morgan fingerprint density at radius 3 is 2.55 bits per heavy atom. The molecule has 0 aromatic heterocycles. The summed E-state index contributed by atoms with van der Waals surface area (Å²) < 4.78 is 18.4. The minimum atomic E-state index is -0.211. The van der Waals surface area contributed by atoms with Crippen LogP contribution in [-0.2, 0) is 11.3 Å². The summed E-state index contributed by atoms with van der Waals surface area (Å²) in [7, 11) is 3.73. The van der Waals surface area contributed by atoms with Crippen molar-refractivity contribution in [1.82, 2.24) is 10.2 Å². The first-order valence-electron chi connectivity index (χ1n) is 7.91. The maximum absolute atomic E-state index is 12.9. The summed E-state index contributed by atoms with van der Waals surface area (Å²) in [4.78, 5) is 6.28. The van der Waals surface area contributed by atoms with E-state index in [0.717, 1.165) is 44.1 Å². The number of hydrogen-bond acceptors (Lipinski definition) is 2. The summed E-state index contributed by atoms with van der Waals surface area (Å²) in [6.45, 7) is 5.28. The van der Waals surface area contributed by atoms with E-state index >= 15 is 0 Å². The predicted octanol–water partition coefficient (Wildman–Crippen LogP) is 3.04. The van der Waals surface area contributed by atoms with Crippen LogP contribution in [0.15, 0.2) is 29.3 Å². The molecule has 0 radical (unpaired) electrons. The number of aliphatic imine (C=N–C) groups is 1. The third-order valence-electron chi connectivity index (χ3n) is 3.30. The lowest BCUT2D eigenvalue weighted by Gasteiger charge is -2.22. The number of rotatable bonds is 9. The quantitative estimate of drug-likeness (QED) is 0.433. The van der Waals surface area contributed by atoms with Gasteiger partial charge in [-0.15, -0.1) is 0 Å². The van der Waals surface area contributed by atoms with Crippen LogP contribution in [0.4, 0.5) is 4.39 Å². The third-order valence-corrected chi connectivity index (χ3v) is 3.30. The van der Waals surface area contributed by atoms with Gasteiger partial charge < -0.3 is 15.0 Å². The number of guanidine groups is 1. The van der Waals surface area contributed by atoms with Crippen LogP contribution in [0.25, 0.3) is 0 Å². The predicted molar refractivity (Wildman–Crippen MR) is 89.6 cm³/mol. The Balaban J connectivity index is 2.27. The Hall–Kier alpha value is -1.62. The second-order valence-electron chi connectivity index (χ2n) is 5.28.